The van der Waals surface area contributed by atoms with E-state index >= 15 is 0 Å². The smallest absolute Gasteiger partial charge is 0.214 e. The number of furan rings is 1. The maximum absolute atomic E-state index is 6.26. The molecule has 2 N–H and O–H groups in total. The molecule has 0 amide bonds. The lowest BCUT2D eigenvalue weighted by Crippen LogP contribution is -1.99. The number of hydrogen-bond acceptors (Lipinski definition) is 2. The summed E-state index contributed by atoms with van der Waals surface area (Å²) < 4.78 is 8.21. The van der Waals surface area contributed by atoms with Crippen molar-refractivity contribution in [2.24, 2.45) is 0 Å². The minimum atomic E-state index is 0.733. The first kappa shape index (κ1) is 13.0. The third-order valence-electron chi connectivity index (χ3n) is 4.39. The van der Waals surface area contributed by atoms with Crippen LogP contribution < -0.4 is 5.73 Å². The highest BCUT2D eigenvalue weighted by atomic mass is 16.3. The molecule has 0 aliphatic heterocycles. The van der Waals surface area contributed by atoms with Gasteiger partial charge >= 0.3 is 0 Å². The maximum Gasteiger partial charge on any atom is 0.214 e. The van der Waals surface area contributed by atoms with Crippen LogP contribution in [-0.4, -0.2) is 4.57 Å². The number of aromatic nitrogens is 1. The molecule has 0 saturated heterocycles. The van der Waals surface area contributed by atoms with Crippen LogP contribution in [0.1, 0.15) is 16.9 Å². The van der Waals surface area contributed by atoms with Gasteiger partial charge in [-0.3, -0.25) is 4.57 Å². The van der Waals surface area contributed by atoms with E-state index in [4.69, 9.17) is 10.2 Å². The largest absolute Gasteiger partial charge is 0.442 e. The second-order valence-corrected chi connectivity index (χ2v) is 5.85. The van der Waals surface area contributed by atoms with Crippen LogP contribution in [0.15, 0.2) is 46.9 Å². The predicted octanol–water partition coefficient (Wildman–Crippen LogP) is 4.88. The number of nitrogens with two attached hydrogens (primary N) is 1. The first-order valence-electron chi connectivity index (χ1n) is 7.44. The van der Waals surface area contributed by atoms with Crippen molar-refractivity contribution >= 4 is 27.7 Å². The van der Waals surface area contributed by atoms with Gasteiger partial charge in [-0.15, -0.1) is 0 Å². The molecule has 4 aromatic rings. The van der Waals surface area contributed by atoms with E-state index < -0.39 is 0 Å². The summed E-state index contributed by atoms with van der Waals surface area (Å²) >= 11 is 0. The van der Waals surface area contributed by atoms with Crippen molar-refractivity contribution in [3.8, 4) is 5.69 Å². The van der Waals surface area contributed by atoms with Crippen molar-refractivity contribution in [1.29, 1.82) is 0 Å². The molecule has 0 fully saturated rings. The number of hydrogen-bond donors (Lipinski definition) is 1. The van der Waals surface area contributed by atoms with Crippen molar-refractivity contribution < 1.29 is 4.42 Å². The molecule has 3 heteroatoms. The van der Waals surface area contributed by atoms with E-state index in [0.717, 1.165) is 33.5 Å². The van der Waals surface area contributed by atoms with E-state index in [1.165, 1.54) is 16.8 Å². The molecular formula is C19H18N2O. The van der Waals surface area contributed by atoms with E-state index in [9.17, 15) is 0 Å². The zero-order chi connectivity index (χ0) is 15.4. The zero-order valence-corrected chi connectivity index (χ0v) is 13.0. The molecule has 0 radical (unpaired) electrons. The average Bonchev–Trinajstić information content (AvgIpc) is 2.95. The van der Waals surface area contributed by atoms with Gasteiger partial charge in [-0.05, 0) is 38.0 Å². The Balaban J connectivity index is 2.28. The van der Waals surface area contributed by atoms with Crippen molar-refractivity contribution in [3.05, 3.63) is 59.4 Å². The topological polar surface area (TPSA) is 44.1 Å². The number of nitrogen functional groups attached to an aromatic ring is 1. The summed E-state index contributed by atoms with van der Waals surface area (Å²) in [5, 5.41) is 2.14. The molecule has 0 atom stereocenters. The highest BCUT2D eigenvalue weighted by Gasteiger charge is 2.21. The fraction of sp³-hybridized carbons (Fsp3) is 0.158. The molecule has 0 bridgehead atoms. The standard InChI is InChI=1S/C19H18N2O/c1-11-7-6-8-12(2)18(11)21-15-10-5-4-9-14(15)16-17(20)13(3)22-19(16)21/h4-10H,20H2,1-3H3. The summed E-state index contributed by atoms with van der Waals surface area (Å²) in [4.78, 5) is 0. The van der Waals surface area contributed by atoms with Gasteiger partial charge in [0.05, 0.1) is 22.3 Å². The van der Waals surface area contributed by atoms with Crippen molar-refractivity contribution in [1.82, 2.24) is 4.57 Å². The second kappa shape index (κ2) is 4.41. The van der Waals surface area contributed by atoms with Gasteiger partial charge in [0.1, 0.15) is 5.76 Å². The first-order valence-corrected chi connectivity index (χ1v) is 7.44. The van der Waals surface area contributed by atoms with Gasteiger partial charge in [-0.2, -0.15) is 0 Å². The van der Waals surface area contributed by atoms with E-state index in [2.05, 4.69) is 48.7 Å². The number of para-hydroxylation sites is 2. The number of anilines is 1. The molecule has 2 heterocycles. The molecule has 3 nitrogen and oxygen atoms in total. The van der Waals surface area contributed by atoms with E-state index in [1.807, 2.05) is 19.1 Å². The van der Waals surface area contributed by atoms with Gasteiger partial charge in [0, 0.05) is 5.39 Å². The number of benzene rings is 2. The molecule has 0 aliphatic rings. The van der Waals surface area contributed by atoms with E-state index in [0.29, 0.717) is 0 Å². The summed E-state index contributed by atoms with van der Waals surface area (Å²) in [7, 11) is 0. The van der Waals surface area contributed by atoms with Crippen LogP contribution in [0.25, 0.3) is 27.7 Å². The van der Waals surface area contributed by atoms with Crippen LogP contribution >= 0.6 is 0 Å². The monoisotopic (exact) mass is 290 g/mol. The Morgan fingerprint density at radius 1 is 0.909 bits per heavy atom. The number of fused-ring (bicyclic) bond motifs is 3. The van der Waals surface area contributed by atoms with Crippen LogP contribution in [0.5, 0.6) is 0 Å². The molecule has 2 aromatic carbocycles. The minimum Gasteiger partial charge on any atom is -0.442 e. The molecule has 0 saturated carbocycles. The van der Waals surface area contributed by atoms with Crippen molar-refractivity contribution in [2.75, 3.05) is 5.73 Å². The normalized spacial score (nSPS) is 11.6. The van der Waals surface area contributed by atoms with Gasteiger partial charge in [0.2, 0.25) is 5.71 Å². The van der Waals surface area contributed by atoms with E-state index in [-0.39, 0.29) is 0 Å². The minimum absolute atomic E-state index is 0.733. The second-order valence-electron chi connectivity index (χ2n) is 5.85. The summed E-state index contributed by atoms with van der Waals surface area (Å²) in [6, 6.07) is 14.6. The quantitative estimate of drug-likeness (QED) is 0.542. The van der Waals surface area contributed by atoms with Gasteiger partial charge in [0.25, 0.3) is 0 Å². The Morgan fingerprint density at radius 2 is 1.59 bits per heavy atom. The van der Waals surface area contributed by atoms with Crippen molar-refractivity contribution in [3.63, 3.8) is 0 Å². The lowest BCUT2D eigenvalue weighted by molar-refractivity contribution is 0.563. The summed E-state index contributed by atoms with van der Waals surface area (Å²) in [5.41, 5.74) is 12.6. The van der Waals surface area contributed by atoms with Gasteiger partial charge in [-0.1, -0.05) is 36.4 Å². The van der Waals surface area contributed by atoms with Gasteiger partial charge < -0.3 is 10.2 Å². The summed E-state index contributed by atoms with van der Waals surface area (Å²) in [6.45, 7) is 6.17. The SMILES string of the molecule is Cc1cccc(C)c1-n1c2ccccc2c2c(N)c(C)oc21. The highest BCUT2D eigenvalue weighted by molar-refractivity contribution is 6.13. The third kappa shape index (κ3) is 1.56. The Morgan fingerprint density at radius 3 is 2.32 bits per heavy atom. The fourth-order valence-electron chi connectivity index (χ4n) is 3.33. The molecule has 22 heavy (non-hydrogen) atoms. The fourth-order valence-corrected chi connectivity index (χ4v) is 3.33. The average molecular weight is 290 g/mol. The number of rotatable bonds is 1. The third-order valence-corrected chi connectivity index (χ3v) is 4.39. The van der Waals surface area contributed by atoms with Crippen LogP contribution in [0.2, 0.25) is 0 Å². The molecular weight excluding hydrogens is 272 g/mol. The molecule has 0 spiro atoms. The Bertz CT molecular complexity index is 1000. The maximum atomic E-state index is 6.26. The molecule has 4 rings (SSSR count). The summed E-state index contributed by atoms with van der Waals surface area (Å²) in [6.07, 6.45) is 0. The Kier molecular flexibility index (Phi) is 2.61. The van der Waals surface area contributed by atoms with Crippen molar-refractivity contribution in [2.45, 2.75) is 20.8 Å². The van der Waals surface area contributed by atoms with Crippen LogP contribution in [0.4, 0.5) is 5.69 Å². The van der Waals surface area contributed by atoms with Crippen LogP contribution in [0.3, 0.4) is 0 Å². The molecule has 0 unspecified atom stereocenters. The highest BCUT2D eigenvalue weighted by Crippen LogP contribution is 2.39. The Hall–Kier alpha value is -2.68. The zero-order valence-electron chi connectivity index (χ0n) is 13.0. The molecule has 2 aromatic heterocycles. The number of nitrogens with zero attached hydrogens (tertiary/aromatic N) is 1. The summed E-state index contributed by atoms with van der Waals surface area (Å²) in [5.74, 6) is 0.774. The van der Waals surface area contributed by atoms with Crippen LogP contribution in [0, 0.1) is 20.8 Å². The van der Waals surface area contributed by atoms with Gasteiger partial charge in [-0.25, -0.2) is 0 Å². The lowest BCUT2D eigenvalue weighted by atomic mass is 10.1. The predicted molar refractivity (Wildman–Crippen MR) is 91.7 cm³/mol. The lowest BCUT2D eigenvalue weighted by Gasteiger charge is -2.12. The molecule has 110 valence electrons. The Labute approximate surface area is 129 Å². The number of aryl methyl sites for hydroxylation is 3. The van der Waals surface area contributed by atoms with Crippen LogP contribution in [-0.2, 0) is 0 Å². The van der Waals surface area contributed by atoms with Gasteiger partial charge in [0.15, 0.2) is 0 Å². The first-order chi connectivity index (χ1) is 10.6. The van der Waals surface area contributed by atoms with E-state index in [1.54, 1.807) is 0 Å². The molecule has 0 aliphatic carbocycles.